The third kappa shape index (κ3) is 5.29. The van der Waals surface area contributed by atoms with Gasteiger partial charge in [0.15, 0.2) is 5.96 Å². The summed E-state index contributed by atoms with van der Waals surface area (Å²) >= 11 is 0. The van der Waals surface area contributed by atoms with E-state index in [9.17, 15) is 0 Å². The lowest BCUT2D eigenvalue weighted by Gasteiger charge is -2.38. The molecule has 0 atom stereocenters. The van der Waals surface area contributed by atoms with Crippen molar-refractivity contribution in [1.82, 2.24) is 10.2 Å². The lowest BCUT2D eigenvalue weighted by Crippen LogP contribution is -2.52. The molecule has 0 aliphatic carbocycles. The van der Waals surface area contributed by atoms with Gasteiger partial charge in [-0.25, -0.2) is 0 Å². The average molecular weight is 491 g/mol. The molecule has 0 amide bonds. The van der Waals surface area contributed by atoms with Crippen LogP contribution in [0.5, 0.6) is 5.75 Å². The average Bonchev–Trinajstić information content (AvgIpc) is 2.74. The maximum atomic E-state index is 9.03. The molecule has 7 heteroatoms. The van der Waals surface area contributed by atoms with Crippen molar-refractivity contribution in [3.63, 3.8) is 0 Å². The zero-order valence-corrected chi connectivity index (χ0v) is 18.6. The number of hydrogen-bond donors (Lipinski definition) is 1. The quantitative estimate of drug-likeness (QED) is 0.405. The number of anilines is 1. The molecule has 1 saturated heterocycles. The first-order valence-corrected chi connectivity index (χ1v) is 9.07. The molecule has 0 unspecified atom stereocenters. The fraction of sp³-hybridized carbons (Fsp3) is 0.333. The molecule has 1 aliphatic heterocycles. The molecule has 1 fully saturated rings. The molecular formula is C21H26IN5O. The van der Waals surface area contributed by atoms with E-state index in [-0.39, 0.29) is 24.0 Å². The van der Waals surface area contributed by atoms with Gasteiger partial charge in [-0.3, -0.25) is 4.99 Å². The fourth-order valence-electron chi connectivity index (χ4n) is 3.31. The van der Waals surface area contributed by atoms with Gasteiger partial charge in [-0.2, -0.15) is 5.26 Å². The number of nitrogens with one attached hydrogen (secondary N) is 1. The van der Waals surface area contributed by atoms with Crippen molar-refractivity contribution < 1.29 is 4.74 Å². The Morgan fingerprint density at radius 2 is 1.89 bits per heavy atom. The second kappa shape index (κ2) is 10.8. The van der Waals surface area contributed by atoms with Crippen molar-refractivity contribution in [1.29, 1.82) is 5.26 Å². The number of hydrogen-bond acceptors (Lipinski definition) is 4. The van der Waals surface area contributed by atoms with E-state index in [1.54, 1.807) is 14.2 Å². The van der Waals surface area contributed by atoms with E-state index in [1.807, 2.05) is 42.5 Å². The maximum Gasteiger partial charge on any atom is 0.194 e. The van der Waals surface area contributed by atoms with Crippen LogP contribution in [0.3, 0.4) is 0 Å². The summed E-state index contributed by atoms with van der Waals surface area (Å²) in [5.74, 6) is 1.79. The molecule has 1 heterocycles. The largest absolute Gasteiger partial charge is 0.495 e. The number of rotatable bonds is 4. The van der Waals surface area contributed by atoms with Gasteiger partial charge in [0.1, 0.15) is 5.75 Å². The molecule has 3 rings (SSSR count). The Kier molecular flexibility index (Phi) is 8.39. The number of guanidine groups is 1. The van der Waals surface area contributed by atoms with E-state index >= 15 is 0 Å². The summed E-state index contributed by atoms with van der Waals surface area (Å²) in [6.07, 6.45) is 0. The Bertz CT molecular complexity index is 841. The lowest BCUT2D eigenvalue weighted by molar-refractivity contribution is 0.367. The van der Waals surface area contributed by atoms with Gasteiger partial charge in [0.2, 0.25) is 0 Å². The van der Waals surface area contributed by atoms with Crippen LogP contribution < -0.4 is 15.0 Å². The van der Waals surface area contributed by atoms with Crippen LogP contribution in [-0.2, 0) is 6.54 Å². The third-order valence-corrected chi connectivity index (χ3v) is 4.72. The summed E-state index contributed by atoms with van der Waals surface area (Å²) in [6.45, 7) is 4.23. The number of aliphatic imine (C=N–C) groups is 1. The van der Waals surface area contributed by atoms with Gasteiger partial charge in [-0.1, -0.05) is 24.3 Å². The van der Waals surface area contributed by atoms with E-state index in [1.165, 1.54) is 0 Å². The molecule has 1 aliphatic rings. The Labute approximate surface area is 183 Å². The van der Waals surface area contributed by atoms with Gasteiger partial charge in [0, 0.05) is 39.8 Å². The van der Waals surface area contributed by atoms with Crippen molar-refractivity contribution >= 4 is 35.6 Å². The predicted molar refractivity (Wildman–Crippen MR) is 124 cm³/mol. The summed E-state index contributed by atoms with van der Waals surface area (Å²) < 4.78 is 5.49. The fourth-order valence-corrected chi connectivity index (χ4v) is 3.31. The molecule has 0 spiro atoms. The normalized spacial score (nSPS) is 14.1. The van der Waals surface area contributed by atoms with Crippen LogP contribution in [0.15, 0.2) is 53.5 Å². The second-order valence-corrected chi connectivity index (χ2v) is 6.36. The SMILES string of the molecule is CN=C(NCc1cccc(C#N)c1)N1CCN(c2ccccc2OC)CC1.I. The molecule has 6 nitrogen and oxygen atoms in total. The van der Waals surface area contributed by atoms with E-state index in [2.05, 4.69) is 32.2 Å². The highest BCUT2D eigenvalue weighted by molar-refractivity contribution is 14.0. The number of benzene rings is 2. The van der Waals surface area contributed by atoms with Crippen LogP contribution in [-0.4, -0.2) is 51.2 Å². The summed E-state index contributed by atoms with van der Waals surface area (Å²) in [7, 11) is 3.52. The van der Waals surface area contributed by atoms with Crippen molar-refractivity contribution in [3.05, 3.63) is 59.7 Å². The maximum absolute atomic E-state index is 9.03. The topological polar surface area (TPSA) is 63.9 Å². The number of para-hydroxylation sites is 2. The van der Waals surface area contributed by atoms with Gasteiger partial charge in [-0.15, -0.1) is 24.0 Å². The van der Waals surface area contributed by atoms with Crippen LogP contribution in [0.1, 0.15) is 11.1 Å². The Balaban J connectivity index is 0.00000280. The van der Waals surface area contributed by atoms with E-state index < -0.39 is 0 Å². The summed E-state index contributed by atoms with van der Waals surface area (Å²) in [6, 6.07) is 17.9. The molecule has 1 N–H and O–H groups in total. The number of ether oxygens (including phenoxy) is 1. The highest BCUT2D eigenvalue weighted by atomic mass is 127. The highest BCUT2D eigenvalue weighted by Crippen LogP contribution is 2.28. The van der Waals surface area contributed by atoms with E-state index in [4.69, 9.17) is 10.00 Å². The molecule has 2 aromatic carbocycles. The minimum atomic E-state index is 0. The van der Waals surface area contributed by atoms with E-state index in [0.717, 1.165) is 49.1 Å². The van der Waals surface area contributed by atoms with E-state index in [0.29, 0.717) is 12.1 Å². The predicted octanol–water partition coefficient (Wildman–Crippen LogP) is 3.08. The zero-order chi connectivity index (χ0) is 19.1. The highest BCUT2D eigenvalue weighted by Gasteiger charge is 2.21. The molecule has 28 heavy (non-hydrogen) atoms. The molecule has 0 radical (unpaired) electrons. The molecule has 148 valence electrons. The minimum absolute atomic E-state index is 0. The van der Waals surface area contributed by atoms with Gasteiger partial charge in [0.25, 0.3) is 0 Å². The van der Waals surface area contributed by atoms with Crippen molar-refractivity contribution in [2.24, 2.45) is 4.99 Å². The standard InChI is InChI=1S/C21H25N5O.HI/c1-23-21(24-16-18-7-5-6-17(14-18)15-22)26-12-10-25(11-13-26)19-8-3-4-9-20(19)27-2;/h3-9,14H,10-13,16H2,1-2H3,(H,23,24);1H. The van der Waals surface area contributed by atoms with Crippen molar-refractivity contribution in [2.75, 3.05) is 45.2 Å². The molecule has 0 saturated carbocycles. The number of halogens is 1. The molecule has 0 bridgehead atoms. The molecular weight excluding hydrogens is 465 g/mol. The third-order valence-electron chi connectivity index (χ3n) is 4.72. The van der Waals surface area contributed by atoms with Crippen LogP contribution >= 0.6 is 24.0 Å². The van der Waals surface area contributed by atoms with Crippen LogP contribution in [0.25, 0.3) is 0 Å². The van der Waals surface area contributed by atoms with Gasteiger partial charge in [0.05, 0.1) is 24.4 Å². The zero-order valence-electron chi connectivity index (χ0n) is 16.3. The van der Waals surface area contributed by atoms with Crippen molar-refractivity contribution in [2.45, 2.75) is 6.54 Å². The lowest BCUT2D eigenvalue weighted by atomic mass is 10.1. The Morgan fingerprint density at radius 1 is 1.14 bits per heavy atom. The smallest absolute Gasteiger partial charge is 0.194 e. The van der Waals surface area contributed by atoms with Gasteiger partial charge >= 0.3 is 0 Å². The minimum Gasteiger partial charge on any atom is -0.495 e. The Hall–Kier alpha value is -2.47. The number of nitrogens with zero attached hydrogens (tertiary/aromatic N) is 4. The number of nitriles is 1. The van der Waals surface area contributed by atoms with Gasteiger partial charge < -0.3 is 19.9 Å². The number of piperazine rings is 1. The number of methoxy groups -OCH3 is 1. The summed E-state index contributed by atoms with van der Waals surface area (Å²) in [5.41, 5.74) is 2.88. The monoisotopic (exact) mass is 491 g/mol. The van der Waals surface area contributed by atoms with Crippen LogP contribution in [0.2, 0.25) is 0 Å². The summed E-state index contributed by atoms with van der Waals surface area (Å²) in [4.78, 5) is 9.03. The first-order valence-electron chi connectivity index (χ1n) is 9.07. The van der Waals surface area contributed by atoms with Crippen LogP contribution in [0.4, 0.5) is 5.69 Å². The Morgan fingerprint density at radius 3 is 2.57 bits per heavy atom. The second-order valence-electron chi connectivity index (χ2n) is 6.36. The molecule has 2 aromatic rings. The first-order chi connectivity index (χ1) is 13.2. The van der Waals surface area contributed by atoms with Gasteiger partial charge in [-0.05, 0) is 29.8 Å². The molecule has 0 aromatic heterocycles. The summed E-state index contributed by atoms with van der Waals surface area (Å²) in [5, 5.41) is 12.4. The van der Waals surface area contributed by atoms with Crippen molar-refractivity contribution in [3.8, 4) is 11.8 Å². The van der Waals surface area contributed by atoms with Crippen LogP contribution in [0, 0.1) is 11.3 Å². The first kappa shape index (κ1) is 21.8.